The maximum absolute atomic E-state index is 14.5. The summed E-state index contributed by atoms with van der Waals surface area (Å²) < 4.78 is 5.13. The fourth-order valence-corrected chi connectivity index (χ4v) is 11.0. The van der Waals surface area contributed by atoms with Gasteiger partial charge in [0.05, 0.1) is 13.0 Å². The van der Waals surface area contributed by atoms with E-state index >= 15 is 0 Å². The van der Waals surface area contributed by atoms with E-state index in [1.54, 1.807) is 0 Å². The zero-order valence-corrected chi connectivity index (χ0v) is 27.2. The number of hydrogen-bond acceptors (Lipinski definition) is 4. The minimum absolute atomic E-state index is 0.0102. The number of hydrogen-bond donors (Lipinski definition) is 0. The summed E-state index contributed by atoms with van der Waals surface area (Å²) >= 11 is 0. The van der Waals surface area contributed by atoms with Crippen LogP contribution in [0.4, 0.5) is 0 Å². The number of esters is 1. The van der Waals surface area contributed by atoms with Gasteiger partial charge in [0.1, 0.15) is 0 Å². The molecule has 1 aromatic carbocycles. The van der Waals surface area contributed by atoms with E-state index in [1.807, 2.05) is 37.3 Å². The van der Waals surface area contributed by atoms with Gasteiger partial charge in [-0.25, -0.2) is 0 Å². The van der Waals surface area contributed by atoms with E-state index in [1.165, 1.54) is 7.11 Å². The Bertz CT molecular complexity index is 1200. The molecule has 4 fully saturated rings. The Labute approximate surface area is 254 Å². The van der Waals surface area contributed by atoms with Crippen LogP contribution in [-0.4, -0.2) is 24.6 Å². The van der Waals surface area contributed by atoms with Gasteiger partial charge in [0.25, 0.3) is 0 Å². The van der Waals surface area contributed by atoms with Gasteiger partial charge in [-0.15, -0.1) is 0 Å². The van der Waals surface area contributed by atoms with E-state index in [9.17, 15) is 14.4 Å². The summed E-state index contributed by atoms with van der Waals surface area (Å²) in [6.07, 6.45) is 11.3. The minimum atomic E-state index is -0.193. The molecular weight excluding hydrogens is 520 g/mol. The first-order chi connectivity index (χ1) is 20.0. The first-order valence-corrected chi connectivity index (χ1v) is 16.9. The number of allylic oxidation sites excluding steroid dienone is 2. The highest BCUT2D eigenvalue weighted by Gasteiger charge is 2.66. The van der Waals surface area contributed by atoms with E-state index < -0.39 is 0 Å². The minimum Gasteiger partial charge on any atom is -0.469 e. The Hall–Kier alpha value is -2.23. The zero-order chi connectivity index (χ0) is 30.4. The molecule has 42 heavy (non-hydrogen) atoms. The second kappa shape index (κ2) is 12.0. The number of fused-ring (bicyclic) bond motifs is 5. The van der Waals surface area contributed by atoms with Gasteiger partial charge in [0.2, 0.25) is 0 Å². The Morgan fingerprint density at radius 2 is 1.69 bits per heavy atom. The van der Waals surface area contributed by atoms with Crippen molar-refractivity contribution >= 4 is 17.5 Å². The Morgan fingerprint density at radius 3 is 2.33 bits per heavy atom. The van der Waals surface area contributed by atoms with Crippen molar-refractivity contribution in [2.45, 2.75) is 99.3 Å². The maximum Gasteiger partial charge on any atom is 0.308 e. The molecule has 10 atom stereocenters. The standard InChI is InChI=1S/C38H54O4/c1-8-26-29-15-12-16-32(34(39)25-13-10-9-11-14-25)38(29,6)31-21-22-37(5)28(19-20-30(37)33(31)35(26)40)24(4)17-18-27(23(2)3)36(41)42-7/h8-11,13-14,23-24,27-33H,12,15-22H2,1-7H3/t24-,27?,28-,29+,30+,31+,32?,33+,37-,38+/m1/s1. The summed E-state index contributed by atoms with van der Waals surface area (Å²) in [6, 6.07) is 9.87. The summed E-state index contributed by atoms with van der Waals surface area (Å²) in [5.41, 5.74) is 1.76. The molecule has 0 saturated heterocycles. The molecule has 0 bridgehead atoms. The summed E-state index contributed by atoms with van der Waals surface area (Å²) in [5, 5.41) is 0. The van der Waals surface area contributed by atoms with Crippen molar-refractivity contribution in [3.63, 3.8) is 0 Å². The van der Waals surface area contributed by atoms with Crippen molar-refractivity contribution in [2.75, 3.05) is 7.11 Å². The van der Waals surface area contributed by atoms with Crippen LogP contribution in [0.15, 0.2) is 42.0 Å². The molecule has 4 heteroatoms. The van der Waals surface area contributed by atoms with Gasteiger partial charge in [-0.05, 0) is 110 Å². The molecule has 4 saturated carbocycles. The lowest BCUT2D eigenvalue weighted by atomic mass is 9.40. The number of rotatable bonds is 8. The lowest BCUT2D eigenvalue weighted by Crippen LogP contribution is -2.61. The van der Waals surface area contributed by atoms with Gasteiger partial charge in [-0.1, -0.05) is 77.4 Å². The molecule has 0 amide bonds. The van der Waals surface area contributed by atoms with Gasteiger partial charge in [-0.3, -0.25) is 14.4 Å². The third-order valence-electron chi connectivity index (χ3n) is 13.2. The van der Waals surface area contributed by atoms with Crippen LogP contribution in [0.2, 0.25) is 0 Å². The number of benzene rings is 1. The van der Waals surface area contributed by atoms with Gasteiger partial charge in [-0.2, -0.15) is 0 Å². The molecule has 230 valence electrons. The Balaban J connectivity index is 1.44. The molecule has 4 aliphatic carbocycles. The van der Waals surface area contributed by atoms with Crippen molar-refractivity contribution in [1.82, 2.24) is 0 Å². The molecule has 2 unspecified atom stereocenters. The van der Waals surface area contributed by atoms with E-state index in [0.29, 0.717) is 23.5 Å². The van der Waals surface area contributed by atoms with Crippen molar-refractivity contribution in [2.24, 2.45) is 64.1 Å². The molecule has 0 aliphatic heterocycles. The van der Waals surface area contributed by atoms with Crippen molar-refractivity contribution in [1.29, 1.82) is 0 Å². The van der Waals surface area contributed by atoms with Crippen molar-refractivity contribution in [3.8, 4) is 0 Å². The summed E-state index contributed by atoms with van der Waals surface area (Å²) in [4.78, 5) is 41.1. The summed E-state index contributed by atoms with van der Waals surface area (Å²) in [5.74, 6) is 2.60. The summed E-state index contributed by atoms with van der Waals surface area (Å²) in [7, 11) is 1.50. The highest BCUT2D eigenvalue weighted by Crippen LogP contribution is 2.69. The van der Waals surface area contributed by atoms with Crippen molar-refractivity contribution < 1.29 is 19.1 Å². The monoisotopic (exact) mass is 574 g/mol. The largest absolute Gasteiger partial charge is 0.469 e. The molecule has 0 N–H and O–H groups in total. The first kappa shape index (κ1) is 31.2. The average molecular weight is 575 g/mol. The SMILES string of the molecule is CC=C1C(=O)[C@H]2[C@@H]3CC[C@H]([C@H](C)CCC(C(=O)OC)C(C)C)[C@@]3(C)CC[C@@H]2[C@@]2(C)C(C(=O)c3ccccc3)CCC[C@@H]12. The van der Waals surface area contributed by atoms with E-state index in [-0.39, 0.29) is 58.1 Å². The topological polar surface area (TPSA) is 60.4 Å². The van der Waals surface area contributed by atoms with Crippen LogP contribution in [0.3, 0.4) is 0 Å². The molecule has 5 rings (SSSR count). The highest BCUT2D eigenvalue weighted by molar-refractivity contribution is 6.02. The van der Waals surface area contributed by atoms with Crippen LogP contribution < -0.4 is 0 Å². The maximum atomic E-state index is 14.5. The number of carbonyl (C=O) groups is 3. The Kier molecular flexibility index (Phi) is 8.95. The van der Waals surface area contributed by atoms with Crippen molar-refractivity contribution in [3.05, 3.63) is 47.5 Å². The van der Waals surface area contributed by atoms with E-state index in [2.05, 4.69) is 40.7 Å². The predicted molar refractivity (Wildman–Crippen MR) is 168 cm³/mol. The van der Waals surface area contributed by atoms with E-state index in [4.69, 9.17) is 4.74 Å². The number of ether oxygens (including phenoxy) is 1. The molecule has 0 heterocycles. The molecule has 0 aromatic heterocycles. The zero-order valence-electron chi connectivity index (χ0n) is 27.2. The van der Waals surface area contributed by atoms with Crippen LogP contribution in [0.1, 0.15) is 110 Å². The highest BCUT2D eigenvalue weighted by atomic mass is 16.5. The van der Waals surface area contributed by atoms with Crippen LogP contribution in [0.25, 0.3) is 0 Å². The van der Waals surface area contributed by atoms with Crippen LogP contribution in [-0.2, 0) is 14.3 Å². The quantitative estimate of drug-likeness (QED) is 0.177. The van der Waals surface area contributed by atoms with Gasteiger partial charge < -0.3 is 4.74 Å². The second-order valence-corrected chi connectivity index (χ2v) is 15.1. The van der Waals surface area contributed by atoms with Crippen LogP contribution >= 0.6 is 0 Å². The number of Topliss-reactive ketones (excluding diaryl/α,β-unsaturated/α-hetero) is 2. The second-order valence-electron chi connectivity index (χ2n) is 15.1. The predicted octanol–water partition coefficient (Wildman–Crippen LogP) is 8.74. The third-order valence-corrected chi connectivity index (χ3v) is 13.2. The molecule has 1 aromatic rings. The number of carbonyl (C=O) groups excluding carboxylic acids is 3. The molecule has 0 spiro atoms. The molecular formula is C38H54O4. The van der Waals surface area contributed by atoms with Crippen LogP contribution in [0.5, 0.6) is 0 Å². The number of methoxy groups -OCH3 is 1. The molecule has 0 radical (unpaired) electrons. The normalized spacial score (nSPS) is 38.4. The smallest absolute Gasteiger partial charge is 0.308 e. The average Bonchev–Trinajstić information content (AvgIpc) is 3.34. The fourth-order valence-electron chi connectivity index (χ4n) is 11.0. The molecule has 4 aliphatic rings. The molecule has 4 nitrogen and oxygen atoms in total. The van der Waals surface area contributed by atoms with Gasteiger partial charge >= 0.3 is 5.97 Å². The van der Waals surface area contributed by atoms with E-state index in [0.717, 1.165) is 68.9 Å². The van der Waals surface area contributed by atoms with Gasteiger partial charge in [0, 0.05) is 17.4 Å². The number of ketones is 2. The lowest BCUT2D eigenvalue weighted by Gasteiger charge is -2.62. The Morgan fingerprint density at radius 1 is 0.976 bits per heavy atom. The van der Waals surface area contributed by atoms with Gasteiger partial charge in [0.15, 0.2) is 11.6 Å². The lowest BCUT2D eigenvalue weighted by molar-refractivity contribution is -0.151. The first-order valence-electron chi connectivity index (χ1n) is 16.9. The summed E-state index contributed by atoms with van der Waals surface area (Å²) in [6.45, 7) is 13.5. The van der Waals surface area contributed by atoms with Crippen LogP contribution in [0, 0.1) is 64.1 Å². The fraction of sp³-hybridized carbons (Fsp3) is 0.711. The third kappa shape index (κ3) is 4.93.